The van der Waals surface area contributed by atoms with Crippen molar-refractivity contribution in [3.63, 3.8) is 0 Å². The molecule has 3 aromatic carbocycles. The van der Waals surface area contributed by atoms with Crippen LogP contribution in [0.25, 0.3) is 0 Å². The fourth-order valence-electron chi connectivity index (χ4n) is 4.41. The van der Waals surface area contributed by atoms with Gasteiger partial charge in [-0.05, 0) is 36.6 Å². The topological polar surface area (TPSA) is 104 Å². The Labute approximate surface area is 223 Å². The smallest absolute Gasteiger partial charge is 0.269 e. The normalized spacial score (nSPS) is 14.6. The lowest BCUT2D eigenvalue weighted by atomic mass is 10.0. The predicted molar refractivity (Wildman–Crippen MR) is 144 cm³/mol. The molecule has 1 unspecified atom stereocenters. The molecule has 3 aromatic rings. The number of benzene rings is 3. The van der Waals surface area contributed by atoms with Crippen molar-refractivity contribution in [2.45, 2.75) is 44.2 Å². The molecule has 0 aliphatic carbocycles. The molecule has 4 rings (SSSR count). The first-order chi connectivity index (χ1) is 18.2. The Hall–Kier alpha value is -3.98. The van der Waals surface area contributed by atoms with Crippen LogP contribution in [0, 0.1) is 6.92 Å². The summed E-state index contributed by atoms with van der Waals surface area (Å²) in [6, 6.07) is 21.9. The van der Waals surface area contributed by atoms with E-state index >= 15 is 0 Å². The van der Waals surface area contributed by atoms with Crippen LogP contribution in [-0.4, -0.2) is 54.5 Å². The Morgan fingerprint density at radius 3 is 2.24 bits per heavy atom. The fourth-order valence-corrected chi connectivity index (χ4v) is 5.93. The summed E-state index contributed by atoms with van der Waals surface area (Å²) in [6.07, 6.45) is 0.948. The van der Waals surface area contributed by atoms with Crippen molar-refractivity contribution in [1.29, 1.82) is 0 Å². The lowest BCUT2D eigenvalue weighted by Gasteiger charge is -2.32. The summed E-state index contributed by atoms with van der Waals surface area (Å²) in [6.45, 7) is 3.69. The van der Waals surface area contributed by atoms with Gasteiger partial charge < -0.3 is 10.2 Å². The summed E-state index contributed by atoms with van der Waals surface area (Å²) in [7, 11) is -4.19. The molecular formula is C29H31N3O5S. The van der Waals surface area contributed by atoms with Crippen molar-refractivity contribution in [2.75, 3.05) is 13.1 Å². The van der Waals surface area contributed by atoms with Gasteiger partial charge in [0.15, 0.2) is 0 Å². The molecule has 0 saturated carbocycles. The average molecular weight is 534 g/mol. The molecule has 1 aliphatic rings. The van der Waals surface area contributed by atoms with Crippen LogP contribution >= 0.6 is 0 Å². The highest BCUT2D eigenvalue weighted by Crippen LogP contribution is 2.30. The van der Waals surface area contributed by atoms with E-state index in [0.717, 1.165) is 16.7 Å². The predicted octanol–water partition coefficient (Wildman–Crippen LogP) is 3.31. The number of rotatable bonds is 10. The highest BCUT2D eigenvalue weighted by atomic mass is 32.2. The maximum absolute atomic E-state index is 13.9. The minimum atomic E-state index is -4.19. The molecule has 0 fully saturated rings. The molecule has 0 spiro atoms. The summed E-state index contributed by atoms with van der Waals surface area (Å²) in [4.78, 5) is 41.5. The molecule has 0 aromatic heterocycles. The summed E-state index contributed by atoms with van der Waals surface area (Å²) in [5.41, 5.74) is 2.71. The van der Waals surface area contributed by atoms with Crippen molar-refractivity contribution >= 4 is 27.7 Å². The first kappa shape index (κ1) is 27.1. The fraction of sp³-hybridized carbons (Fsp3) is 0.276. The standard InChI is InChI=1S/C29H31N3O5S/c1-3-17-30-28(34)25(18-22-9-5-4-6-10-22)31(19-23-15-13-21(2)14-16-23)27(33)20-32-29(35)24-11-7-8-12-26(24)38(32,36)37/h4-16,25H,3,17-20H2,1-2H3,(H,30,34). The number of nitrogens with one attached hydrogen (secondary N) is 1. The van der Waals surface area contributed by atoms with Crippen LogP contribution in [-0.2, 0) is 32.6 Å². The zero-order chi connectivity index (χ0) is 27.3. The van der Waals surface area contributed by atoms with E-state index in [1.165, 1.54) is 23.1 Å². The van der Waals surface area contributed by atoms with E-state index in [4.69, 9.17) is 0 Å². The third-order valence-corrected chi connectivity index (χ3v) is 8.27. The third-order valence-electron chi connectivity index (χ3n) is 6.48. The first-order valence-electron chi connectivity index (χ1n) is 12.5. The van der Waals surface area contributed by atoms with Crippen LogP contribution in [0.2, 0.25) is 0 Å². The highest BCUT2D eigenvalue weighted by molar-refractivity contribution is 7.90. The number of aryl methyl sites for hydroxylation is 1. The number of sulfonamides is 1. The average Bonchev–Trinajstić information content (AvgIpc) is 3.11. The summed E-state index contributed by atoms with van der Waals surface area (Å²) in [5, 5.41) is 2.88. The van der Waals surface area contributed by atoms with Gasteiger partial charge in [0.1, 0.15) is 17.5 Å². The molecule has 0 bridgehead atoms. The van der Waals surface area contributed by atoms with E-state index in [9.17, 15) is 22.8 Å². The van der Waals surface area contributed by atoms with Crippen LogP contribution in [0.4, 0.5) is 0 Å². The minimum absolute atomic E-state index is 0.0342. The van der Waals surface area contributed by atoms with Gasteiger partial charge in [-0.15, -0.1) is 0 Å². The SMILES string of the molecule is CCCNC(=O)C(Cc1ccccc1)N(Cc1ccc(C)cc1)C(=O)CN1C(=O)c2ccccc2S1(=O)=O. The Bertz CT molecular complexity index is 1420. The molecule has 0 radical (unpaired) electrons. The van der Waals surface area contributed by atoms with Gasteiger partial charge in [-0.2, -0.15) is 0 Å². The molecule has 1 N–H and O–H groups in total. The van der Waals surface area contributed by atoms with E-state index < -0.39 is 34.4 Å². The van der Waals surface area contributed by atoms with Gasteiger partial charge >= 0.3 is 0 Å². The molecule has 9 heteroatoms. The van der Waals surface area contributed by atoms with Gasteiger partial charge in [-0.25, -0.2) is 12.7 Å². The summed E-state index contributed by atoms with van der Waals surface area (Å²) >= 11 is 0. The van der Waals surface area contributed by atoms with Crippen LogP contribution in [0.15, 0.2) is 83.8 Å². The highest BCUT2D eigenvalue weighted by Gasteiger charge is 2.43. The lowest BCUT2D eigenvalue weighted by Crippen LogP contribution is -2.53. The van der Waals surface area contributed by atoms with E-state index in [-0.39, 0.29) is 29.3 Å². The Kier molecular flexibility index (Phi) is 8.26. The Balaban J connectivity index is 1.70. The maximum atomic E-state index is 13.9. The molecule has 1 heterocycles. The molecule has 1 atom stereocenters. The molecule has 8 nitrogen and oxygen atoms in total. The number of amides is 3. The Morgan fingerprint density at radius 2 is 1.58 bits per heavy atom. The van der Waals surface area contributed by atoms with Gasteiger partial charge in [0.25, 0.3) is 15.9 Å². The van der Waals surface area contributed by atoms with Gasteiger partial charge in [-0.3, -0.25) is 14.4 Å². The van der Waals surface area contributed by atoms with E-state index in [1.54, 1.807) is 6.07 Å². The minimum Gasteiger partial charge on any atom is -0.354 e. The van der Waals surface area contributed by atoms with Crippen molar-refractivity contribution in [3.05, 3.63) is 101 Å². The van der Waals surface area contributed by atoms with Crippen LogP contribution in [0.5, 0.6) is 0 Å². The maximum Gasteiger partial charge on any atom is 0.269 e. The van der Waals surface area contributed by atoms with Crippen molar-refractivity contribution in [2.24, 2.45) is 0 Å². The molecule has 38 heavy (non-hydrogen) atoms. The largest absolute Gasteiger partial charge is 0.354 e. The van der Waals surface area contributed by atoms with Gasteiger partial charge in [0, 0.05) is 19.5 Å². The summed E-state index contributed by atoms with van der Waals surface area (Å²) in [5.74, 6) is -1.72. The third kappa shape index (κ3) is 5.78. The molecule has 1 aliphatic heterocycles. The number of carbonyl (C=O) groups is 3. The summed E-state index contributed by atoms with van der Waals surface area (Å²) < 4.78 is 26.9. The molecule has 198 valence electrons. The second-order valence-corrected chi connectivity index (χ2v) is 11.1. The van der Waals surface area contributed by atoms with Crippen LogP contribution in [0.3, 0.4) is 0 Å². The quantitative estimate of drug-likeness (QED) is 0.431. The lowest BCUT2D eigenvalue weighted by molar-refractivity contribution is -0.141. The van der Waals surface area contributed by atoms with Crippen LogP contribution in [0.1, 0.15) is 40.4 Å². The molecule has 0 saturated heterocycles. The second kappa shape index (κ2) is 11.6. The number of fused-ring (bicyclic) bond motifs is 1. The van der Waals surface area contributed by atoms with Gasteiger partial charge in [0.05, 0.1) is 5.56 Å². The van der Waals surface area contributed by atoms with E-state index in [2.05, 4.69) is 5.32 Å². The number of hydrogen-bond donors (Lipinski definition) is 1. The van der Waals surface area contributed by atoms with E-state index in [0.29, 0.717) is 17.3 Å². The van der Waals surface area contributed by atoms with Crippen molar-refractivity contribution < 1.29 is 22.8 Å². The van der Waals surface area contributed by atoms with Gasteiger partial charge in [-0.1, -0.05) is 79.2 Å². The molecular weight excluding hydrogens is 502 g/mol. The van der Waals surface area contributed by atoms with Crippen molar-refractivity contribution in [1.82, 2.24) is 14.5 Å². The number of hydrogen-bond acceptors (Lipinski definition) is 5. The number of carbonyl (C=O) groups excluding carboxylic acids is 3. The first-order valence-corrected chi connectivity index (χ1v) is 14.0. The van der Waals surface area contributed by atoms with Crippen LogP contribution < -0.4 is 5.32 Å². The monoisotopic (exact) mass is 533 g/mol. The zero-order valence-corrected chi connectivity index (χ0v) is 22.3. The number of nitrogens with zero attached hydrogens (tertiary/aromatic N) is 2. The van der Waals surface area contributed by atoms with Gasteiger partial charge in [0.2, 0.25) is 11.8 Å². The Morgan fingerprint density at radius 1 is 0.921 bits per heavy atom. The van der Waals surface area contributed by atoms with Crippen molar-refractivity contribution in [3.8, 4) is 0 Å². The zero-order valence-electron chi connectivity index (χ0n) is 21.5. The van der Waals surface area contributed by atoms with E-state index in [1.807, 2.05) is 68.4 Å². The second-order valence-electron chi connectivity index (χ2n) is 9.32. The molecule has 3 amide bonds.